The fraction of sp³-hybridized carbons (Fsp3) is 0.900. The molecule has 4 nitrogen and oxygen atoms in total. The number of hydrogen-bond donors (Lipinski definition) is 0. The van der Waals surface area contributed by atoms with Crippen LogP contribution in [0.15, 0.2) is 0 Å². The maximum absolute atomic E-state index is 10.5. The largest absolute Gasteiger partial charge is 0.352 e. The van der Waals surface area contributed by atoms with E-state index in [4.69, 9.17) is 9.47 Å². The van der Waals surface area contributed by atoms with Crippen molar-refractivity contribution in [3.8, 4) is 0 Å². The topological polar surface area (TPSA) is 38.8 Å². The molecule has 2 rings (SSSR count). The number of carbonyl (C=O) groups excluding carboxylic acids is 1. The minimum atomic E-state index is -0.0162. The molecule has 80 valence electrons. The predicted octanol–water partition coefficient (Wildman–Crippen LogP) is 0.618. The van der Waals surface area contributed by atoms with Crippen molar-refractivity contribution in [2.24, 2.45) is 5.92 Å². The molecule has 1 amide bonds. The van der Waals surface area contributed by atoms with Gasteiger partial charge in [0.2, 0.25) is 6.41 Å². The number of carbonyl (C=O) groups is 1. The smallest absolute Gasteiger partial charge is 0.209 e. The molecule has 4 heteroatoms. The van der Waals surface area contributed by atoms with Crippen molar-refractivity contribution in [3.05, 3.63) is 0 Å². The van der Waals surface area contributed by atoms with Gasteiger partial charge < -0.3 is 14.4 Å². The van der Waals surface area contributed by atoms with Crippen LogP contribution in [0.5, 0.6) is 0 Å². The molecule has 0 bridgehead atoms. The second kappa shape index (κ2) is 4.75. The molecule has 14 heavy (non-hydrogen) atoms. The lowest BCUT2D eigenvalue weighted by Gasteiger charge is -2.35. The minimum Gasteiger partial charge on any atom is -0.352 e. The second-order valence-corrected chi connectivity index (χ2v) is 3.94. The molecule has 0 radical (unpaired) electrons. The first-order valence-corrected chi connectivity index (χ1v) is 5.32. The van der Waals surface area contributed by atoms with Crippen molar-refractivity contribution in [1.29, 1.82) is 0 Å². The lowest BCUT2D eigenvalue weighted by Crippen LogP contribution is -2.40. The van der Waals surface area contributed by atoms with Crippen LogP contribution in [0.25, 0.3) is 0 Å². The van der Waals surface area contributed by atoms with Crippen molar-refractivity contribution in [2.45, 2.75) is 25.6 Å². The number of hydrogen-bond acceptors (Lipinski definition) is 3. The van der Waals surface area contributed by atoms with Crippen LogP contribution in [0.2, 0.25) is 0 Å². The molecular weight excluding hydrogens is 182 g/mol. The molecular formula is C10H17NO3. The third kappa shape index (κ3) is 2.25. The van der Waals surface area contributed by atoms with E-state index in [0.717, 1.165) is 52.0 Å². The quantitative estimate of drug-likeness (QED) is 0.612. The maximum Gasteiger partial charge on any atom is 0.209 e. The lowest BCUT2D eigenvalue weighted by molar-refractivity contribution is -0.210. The van der Waals surface area contributed by atoms with Crippen LogP contribution in [-0.2, 0) is 14.3 Å². The van der Waals surface area contributed by atoms with Crippen LogP contribution in [0.4, 0.5) is 0 Å². The molecule has 0 spiro atoms. The summed E-state index contributed by atoms with van der Waals surface area (Å²) in [7, 11) is 0. The zero-order valence-corrected chi connectivity index (χ0v) is 8.35. The highest BCUT2D eigenvalue weighted by atomic mass is 16.7. The summed E-state index contributed by atoms with van der Waals surface area (Å²) in [6.07, 6.45) is 3.92. The number of likely N-dealkylation sites (tertiary alicyclic amines) is 1. The monoisotopic (exact) mass is 199 g/mol. The molecule has 0 saturated carbocycles. The van der Waals surface area contributed by atoms with Crippen LogP contribution in [0.3, 0.4) is 0 Å². The Kier molecular flexibility index (Phi) is 3.37. The minimum absolute atomic E-state index is 0.0162. The van der Waals surface area contributed by atoms with Crippen LogP contribution < -0.4 is 0 Å². The third-order valence-electron chi connectivity index (χ3n) is 2.96. The molecule has 2 saturated heterocycles. The summed E-state index contributed by atoms with van der Waals surface area (Å²) in [5, 5.41) is 0. The van der Waals surface area contributed by atoms with E-state index < -0.39 is 0 Å². The number of piperidine rings is 1. The van der Waals surface area contributed by atoms with Crippen molar-refractivity contribution in [3.63, 3.8) is 0 Å². The van der Waals surface area contributed by atoms with E-state index in [9.17, 15) is 4.79 Å². The fourth-order valence-corrected chi connectivity index (χ4v) is 2.08. The zero-order chi connectivity index (χ0) is 9.80. The van der Waals surface area contributed by atoms with Crippen LogP contribution in [0.1, 0.15) is 19.3 Å². The molecule has 0 N–H and O–H groups in total. The normalized spacial score (nSPS) is 26.4. The van der Waals surface area contributed by atoms with E-state index in [-0.39, 0.29) is 6.29 Å². The van der Waals surface area contributed by atoms with Gasteiger partial charge in [-0.1, -0.05) is 0 Å². The molecule has 0 unspecified atom stereocenters. The van der Waals surface area contributed by atoms with Crippen LogP contribution in [-0.4, -0.2) is 43.9 Å². The van der Waals surface area contributed by atoms with E-state index in [1.807, 2.05) is 4.90 Å². The van der Waals surface area contributed by atoms with Gasteiger partial charge in [-0.3, -0.25) is 4.79 Å². The molecule has 0 aromatic rings. The Labute approximate surface area is 84.2 Å². The lowest BCUT2D eigenvalue weighted by atomic mass is 9.96. The summed E-state index contributed by atoms with van der Waals surface area (Å²) in [6, 6.07) is 0. The second-order valence-electron chi connectivity index (χ2n) is 3.94. The fourth-order valence-electron chi connectivity index (χ4n) is 2.08. The Hall–Kier alpha value is -0.610. The zero-order valence-electron chi connectivity index (χ0n) is 8.35. The summed E-state index contributed by atoms with van der Waals surface area (Å²) in [6.45, 7) is 3.33. The number of nitrogens with zero attached hydrogens (tertiary/aromatic N) is 1. The highest BCUT2D eigenvalue weighted by molar-refractivity contribution is 5.47. The average Bonchev–Trinajstić information content (AvgIpc) is 2.30. The summed E-state index contributed by atoms with van der Waals surface area (Å²) in [5.41, 5.74) is 0. The Morgan fingerprint density at radius 3 is 2.36 bits per heavy atom. The first-order valence-electron chi connectivity index (χ1n) is 5.32. The standard InChI is InChI=1S/C10H17NO3/c12-8-11-4-2-9(3-5-11)10-13-6-1-7-14-10/h8-10H,1-7H2. The average molecular weight is 199 g/mol. The molecule has 0 aliphatic carbocycles. The molecule has 0 atom stereocenters. The van der Waals surface area contributed by atoms with Gasteiger partial charge in [0.25, 0.3) is 0 Å². The summed E-state index contributed by atoms with van der Waals surface area (Å²) in [5.74, 6) is 0.478. The number of amides is 1. The predicted molar refractivity (Wildman–Crippen MR) is 50.7 cm³/mol. The van der Waals surface area contributed by atoms with Gasteiger partial charge in [0.15, 0.2) is 6.29 Å². The summed E-state index contributed by atoms with van der Waals surface area (Å²) in [4.78, 5) is 12.3. The van der Waals surface area contributed by atoms with Gasteiger partial charge in [-0.15, -0.1) is 0 Å². The van der Waals surface area contributed by atoms with Crippen molar-refractivity contribution < 1.29 is 14.3 Å². The Balaban J connectivity index is 1.78. The van der Waals surface area contributed by atoms with Gasteiger partial charge in [-0.05, 0) is 19.3 Å². The van der Waals surface area contributed by atoms with Crippen molar-refractivity contribution in [1.82, 2.24) is 4.90 Å². The summed E-state index contributed by atoms with van der Waals surface area (Å²) < 4.78 is 11.1. The highest BCUT2D eigenvalue weighted by Crippen LogP contribution is 2.24. The molecule has 2 aliphatic rings. The van der Waals surface area contributed by atoms with Gasteiger partial charge in [-0.25, -0.2) is 0 Å². The van der Waals surface area contributed by atoms with Gasteiger partial charge in [-0.2, -0.15) is 0 Å². The molecule has 0 aromatic carbocycles. The third-order valence-corrected chi connectivity index (χ3v) is 2.96. The Morgan fingerprint density at radius 2 is 1.79 bits per heavy atom. The first kappa shape index (κ1) is 9.93. The Bertz CT molecular complexity index is 184. The van der Waals surface area contributed by atoms with Crippen molar-refractivity contribution in [2.75, 3.05) is 26.3 Å². The molecule has 2 aliphatic heterocycles. The van der Waals surface area contributed by atoms with Crippen LogP contribution in [0, 0.1) is 5.92 Å². The maximum atomic E-state index is 10.5. The van der Waals surface area contributed by atoms with E-state index in [0.29, 0.717) is 5.92 Å². The molecule has 2 heterocycles. The first-order chi connectivity index (χ1) is 6.90. The SMILES string of the molecule is O=CN1CCC(C2OCCCO2)CC1. The van der Waals surface area contributed by atoms with Crippen molar-refractivity contribution >= 4 is 6.41 Å². The van der Waals surface area contributed by atoms with E-state index in [1.165, 1.54) is 0 Å². The van der Waals surface area contributed by atoms with Gasteiger partial charge in [0, 0.05) is 19.0 Å². The van der Waals surface area contributed by atoms with Gasteiger partial charge in [0.1, 0.15) is 0 Å². The highest BCUT2D eigenvalue weighted by Gasteiger charge is 2.28. The van der Waals surface area contributed by atoms with E-state index in [1.54, 1.807) is 0 Å². The van der Waals surface area contributed by atoms with E-state index in [2.05, 4.69) is 0 Å². The van der Waals surface area contributed by atoms with Crippen LogP contribution >= 0.6 is 0 Å². The Morgan fingerprint density at radius 1 is 1.14 bits per heavy atom. The molecule has 0 aromatic heterocycles. The van der Waals surface area contributed by atoms with Gasteiger partial charge >= 0.3 is 0 Å². The summed E-state index contributed by atoms with van der Waals surface area (Å²) >= 11 is 0. The van der Waals surface area contributed by atoms with Gasteiger partial charge in [0.05, 0.1) is 13.2 Å². The number of ether oxygens (including phenoxy) is 2. The van der Waals surface area contributed by atoms with E-state index >= 15 is 0 Å². The molecule has 2 fully saturated rings. The number of rotatable bonds is 2.